The molecule has 1 aromatic heterocycles. The monoisotopic (exact) mass is 452 g/mol. The Morgan fingerprint density at radius 1 is 1.09 bits per heavy atom. The molecule has 1 aliphatic rings. The Bertz CT molecular complexity index is 1010. The summed E-state index contributed by atoms with van der Waals surface area (Å²) in [5.41, 5.74) is 1.40. The minimum absolute atomic E-state index is 0.0519. The Morgan fingerprint density at radius 3 is 2.48 bits per heavy atom. The Balaban J connectivity index is 1.76. The van der Waals surface area contributed by atoms with Crippen molar-refractivity contribution in [3.8, 4) is 0 Å². The highest BCUT2D eigenvalue weighted by Gasteiger charge is 2.33. The number of hydrogen-bond acceptors (Lipinski definition) is 6. The minimum Gasteiger partial charge on any atom is -0.457 e. The van der Waals surface area contributed by atoms with Gasteiger partial charge < -0.3 is 14.5 Å². The van der Waals surface area contributed by atoms with Crippen LogP contribution in [0.15, 0.2) is 30.3 Å². The largest absolute Gasteiger partial charge is 0.457 e. The van der Waals surface area contributed by atoms with Crippen LogP contribution in [0.3, 0.4) is 0 Å². The molecule has 3 rings (SSSR count). The van der Waals surface area contributed by atoms with Crippen molar-refractivity contribution in [2.75, 3.05) is 19.6 Å². The second kappa shape index (κ2) is 11.0. The summed E-state index contributed by atoms with van der Waals surface area (Å²) in [5.74, 6) is -0.434. The number of benzene rings is 1. The van der Waals surface area contributed by atoms with Crippen LogP contribution < -0.4 is 0 Å². The Morgan fingerprint density at radius 2 is 1.82 bits per heavy atom. The number of nitrogens with zero attached hydrogens (tertiary/aromatic N) is 4. The van der Waals surface area contributed by atoms with E-state index in [1.165, 1.54) is 0 Å². The predicted octanol–water partition coefficient (Wildman–Crippen LogP) is 3.31. The summed E-state index contributed by atoms with van der Waals surface area (Å²) in [6, 6.07) is 9.24. The average Bonchev–Trinajstić information content (AvgIpc) is 2.80. The lowest BCUT2D eigenvalue weighted by Gasteiger charge is -2.40. The highest BCUT2D eigenvalue weighted by atomic mass is 16.5. The van der Waals surface area contributed by atoms with Gasteiger partial charge >= 0.3 is 5.97 Å². The Kier molecular flexibility index (Phi) is 8.14. The van der Waals surface area contributed by atoms with Crippen molar-refractivity contribution < 1.29 is 19.1 Å². The van der Waals surface area contributed by atoms with Gasteiger partial charge in [-0.25, -0.2) is 14.8 Å². The van der Waals surface area contributed by atoms with E-state index in [0.717, 1.165) is 18.4 Å². The molecule has 1 saturated heterocycles. The van der Waals surface area contributed by atoms with Crippen molar-refractivity contribution in [2.45, 2.75) is 59.6 Å². The molecular weight excluding hydrogens is 420 g/mol. The van der Waals surface area contributed by atoms with Crippen LogP contribution in [0.1, 0.15) is 71.0 Å². The van der Waals surface area contributed by atoms with Crippen molar-refractivity contribution in [3.05, 3.63) is 58.7 Å². The van der Waals surface area contributed by atoms with E-state index in [4.69, 9.17) is 4.74 Å². The average molecular weight is 453 g/mol. The first-order valence-electron chi connectivity index (χ1n) is 11.5. The van der Waals surface area contributed by atoms with Gasteiger partial charge in [0.25, 0.3) is 5.91 Å². The van der Waals surface area contributed by atoms with Crippen molar-refractivity contribution in [1.82, 2.24) is 19.8 Å². The van der Waals surface area contributed by atoms with Crippen molar-refractivity contribution >= 4 is 17.8 Å². The fraction of sp³-hybridized carbons (Fsp3) is 0.480. The number of carbonyl (C=O) groups is 3. The molecule has 0 N–H and O–H groups in total. The molecule has 0 spiro atoms. The summed E-state index contributed by atoms with van der Waals surface area (Å²) < 4.78 is 5.48. The van der Waals surface area contributed by atoms with Gasteiger partial charge in [0.05, 0.1) is 5.69 Å². The molecule has 0 aliphatic carbocycles. The van der Waals surface area contributed by atoms with Gasteiger partial charge in [-0.2, -0.15) is 0 Å². The molecule has 8 nitrogen and oxygen atoms in total. The van der Waals surface area contributed by atoms with Gasteiger partial charge in [0.2, 0.25) is 5.91 Å². The summed E-state index contributed by atoms with van der Waals surface area (Å²) in [4.78, 5) is 50.9. The molecule has 1 atom stereocenters. The summed E-state index contributed by atoms with van der Waals surface area (Å²) in [7, 11) is 0. The summed E-state index contributed by atoms with van der Waals surface area (Å²) in [5, 5.41) is 0. The first-order valence-corrected chi connectivity index (χ1v) is 11.5. The van der Waals surface area contributed by atoms with Gasteiger partial charge in [0, 0.05) is 32.1 Å². The van der Waals surface area contributed by atoms with Crippen molar-refractivity contribution in [3.63, 3.8) is 0 Å². The van der Waals surface area contributed by atoms with E-state index in [0.29, 0.717) is 37.6 Å². The number of aromatic nitrogens is 2. The van der Waals surface area contributed by atoms with Gasteiger partial charge in [-0.1, -0.05) is 43.7 Å². The van der Waals surface area contributed by atoms with Gasteiger partial charge in [-0.3, -0.25) is 9.59 Å². The number of esters is 1. The number of piperazine rings is 1. The molecule has 1 fully saturated rings. The second-order valence-electron chi connectivity index (χ2n) is 8.43. The third-order valence-corrected chi connectivity index (χ3v) is 5.80. The van der Waals surface area contributed by atoms with Crippen LogP contribution in [0.5, 0.6) is 0 Å². The van der Waals surface area contributed by atoms with E-state index < -0.39 is 5.97 Å². The lowest BCUT2D eigenvalue weighted by molar-refractivity contribution is -0.135. The molecule has 0 bridgehead atoms. The Labute approximate surface area is 195 Å². The topological polar surface area (TPSA) is 92.7 Å². The predicted molar refractivity (Wildman–Crippen MR) is 124 cm³/mol. The molecular formula is C25H32N4O4. The standard InChI is InChI=1S/C25H32N4O4/c1-5-6-12-21(30)29-14-13-28(15-17(29)2)24(31)23-22(18(3)26-19(4)27-23)25(32)33-16-20-10-8-7-9-11-20/h7-11,17H,5-6,12-16H2,1-4H3. The van der Waals surface area contributed by atoms with E-state index in [9.17, 15) is 14.4 Å². The van der Waals surface area contributed by atoms with Crippen LogP contribution in [0.4, 0.5) is 0 Å². The number of carbonyl (C=O) groups excluding carboxylic acids is 3. The zero-order valence-corrected chi connectivity index (χ0v) is 19.8. The molecule has 0 radical (unpaired) electrons. The number of ether oxygens (including phenoxy) is 1. The zero-order chi connectivity index (χ0) is 24.0. The lowest BCUT2D eigenvalue weighted by Crippen LogP contribution is -2.55. The van der Waals surface area contributed by atoms with E-state index in [-0.39, 0.29) is 35.7 Å². The third kappa shape index (κ3) is 5.94. The molecule has 2 heterocycles. The van der Waals surface area contributed by atoms with Crippen LogP contribution >= 0.6 is 0 Å². The smallest absolute Gasteiger partial charge is 0.342 e. The number of amides is 2. The normalized spacial score (nSPS) is 15.9. The van der Waals surface area contributed by atoms with Crippen LogP contribution in [0.2, 0.25) is 0 Å². The van der Waals surface area contributed by atoms with Gasteiger partial charge in [0.1, 0.15) is 23.7 Å². The molecule has 1 unspecified atom stereocenters. The molecule has 2 aromatic rings. The number of rotatable bonds is 7. The first kappa shape index (κ1) is 24.4. The quantitative estimate of drug-likeness (QED) is 0.599. The molecule has 0 saturated carbocycles. The van der Waals surface area contributed by atoms with Crippen LogP contribution in [0.25, 0.3) is 0 Å². The van der Waals surface area contributed by atoms with Crippen molar-refractivity contribution in [2.24, 2.45) is 0 Å². The van der Waals surface area contributed by atoms with E-state index in [1.54, 1.807) is 18.7 Å². The number of unbranched alkanes of at least 4 members (excludes halogenated alkanes) is 1. The summed E-state index contributed by atoms with van der Waals surface area (Å²) >= 11 is 0. The number of hydrogen-bond donors (Lipinski definition) is 0. The maximum Gasteiger partial charge on any atom is 0.342 e. The van der Waals surface area contributed by atoms with Crippen LogP contribution in [-0.2, 0) is 16.1 Å². The molecule has 2 amide bonds. The maximum absolute atomic E-state index is 13.4. The fourth-order valence-electron chi connectivity index (χ4n) is 4.04. The zero-order valence-electron chi connectivity index (χ0n) is 19.8. The minimum atomic E-state index is -0.624. The van der Waals surface area contributed by atoms with Gasteiger partial charge in [0.15, 0.2) is 0 Å². The van der Waals surface area contributed by atoms with E-state index in [1.807, 2.05) is 42.2 Å². The molecule has 8 heteroatoms. The fourth-order valence-corrected chi connectivity index (χ4v) is 4.04. The highest BCUT2D eigenvalue weighted by molar-refractivity contribution is 6.04. The van der Waals surface area contributed by atoms with Gasteiger partial charge in [-0.05, 0) is 32.8 Å². The third-order valence-electron chi connectivity index (χ3n) is 5.80. The molecule has 176 valence electrons. The van der Waals surface area contributed by atoms with E-state index >= 15 is 0 Å². The van der Waals surface area contributed by atoms with Crippen molar-refractivity contribution in [1.29, 1.82) is 0 Å². The molecule has 1 aliphatic heterocycles. The SMILES string of the molecule is CCCCC(=O)N1CCN(C(=O)c2nc(C)nc(C)c2C(=O)OCc2ccccc2)CC1C. The lowest BCUT2D eigenvalue weighted by atomic mass is 10.1. The van der Waals surface area contributed by atoms with Crippen LogP contribution in [0, 0.1) is 13.8 Å². The number of aryl methyl sites for hydroxylation is 2. The summed E-state index contributed by atoms with van der Waals surface area (Å²) in [6.07, 6.45) is 2.35. The highest BCUT2D eigenvalue weighted by Crippen LogP contribution is 2.19. The van der Waals surface area contributed by atoms with E-state index in [2.05, 4.69) is 16.9 Å². The van der Waals surface area contributed by atoms with Crippen LogP contribution in [-0.4, -0.2) is 63.2 Å². The second-order valence-corrected chi connectivity index (χ2v) is 8.43. The Hall–Kier alpha value is -3.29. The molecule has 1 aromatic carbocycles. The van der Waals surface area contributed by atoms with Gasteiger partial charge in [-0.15, -0.1) is 0 Å². The summed E-state index contributed by atoms with van der Waals surface area (Å²) in [6.45, 7) is 8.70. The molecule has 33 heavy (non-hydrogen) atoms. The maximum atomic E-state index is 13.4. The first-order chi connectivity index (χ1) is 15.8.